The molecule has 2 N–H and O–H groups in total. The Kier molecular flexibility index (Phi) is 5.58. The van der Waals surface area contributed by atoms with Crippen molar-refractivity contribution in [1.82, 2.24) is 25.2 Å². The first-order valence-electron chi connectivity index (χ1n) is 11.4. The lowest BCUT2D eigenvalue weighted by atomic mass is 9.93. The first kappa shape index (κ1) is 21.2. The minimum absolute atomic E-state index is 0.135. The normalized spacial score (nSPS) is 14.8. The number of amides is 1. The number of pyridine rings is 1. The molecule has 8 heteroatoms. The Bertz CT molecular complexity index is 1270. The van der Waals surface area contributed by atoms with Crippen molar-refractivity contribution >= 4 is 22.5 Å². The van der Waals surface area contributed by atoms with Gasteiger partial charge in [-0.3, -0.25) is 14.9 Å². The number of aromatic amines is 1. The van der Waals surface area contributed by atoms with Crippen molar-refractivity contribution in [2.45, 2.75) is 45.6 Å². The second-order valence-electron chi connectivity index (χ2n) is 8.93. The number of anilines is 1. The molecule has 1 aliphatic heterocycles. The fraction of sp³-hybridized carbons (Fsp3) is 0.360. The molecule has 5 rings (SSSR count). The first-order valence-corrected chi connectivity index (χ1v) is 11.4. The number of hydrogen-bond acceptors (Lipinski definition) is 6. The average molecular weight is 445 g/mol. The molecule has 1 fully saturated rings. The number of carbonyl (C=O) groups excluding carboxylic acids is 1. The summed E-state index contributed by atoms with van der Waals surface area (Å²) < 4.78 is 5.83. The Labute approximate surface area is 192 Å². The van der Waals surface area contributed by atoms with Crippen molar-refractivity contribution in [2.75, 3.05) is 18.4 Å². The van der Waals surface area contributed by atoms with E-state index in [1.165, 1.54) is 0 Å². The van der Waals surface area contributed by atoms with Crippen molar-refractivity contribution in [3.63, 3.8) is 0 Å². The van der Waals surface area contributed by atoms with E-state index < -0.39 is 0 Å². The highest BCUT2D eigenvalue weighted by molar-refractivity contribution is 6.04. The summed E-state index contributed by atoms with van der Waals surface area (Å²) in [6.45, 7) is 7.38. The zero-order valence-electron chi connectivity index (χ0n) is 19.1. The largest absolute Gasteiger partial charge is 0.382 e. The van der Waals surface area contributed by atoms with E-state index in [9.17, 15) is 4.79 Å². The number of para-hydroxylation sites is 1. The zero-order valence-corrected chi connectivity index (χ0v) is 19.1. The van der Waals surface area contributed by atoms with Gasteiger partial charge in [-0.2, -0.15) is 5.10 Å². The maximum atomic E-state index is 11.6. The number of piperidine rings is 1. The van der Waals surface area contributed by atoms with Gasteiger partial charge in [0.25, 0.3) is 0 Å². The van der Waals surface area contributed by atoms with Gasteiger partial charge in [0.1, 0.15) is 0 Å². The van der Waals surface area contributed by atoms with Gasteiger partial charge in [0.05, 0.1) is 28.7 Å². The van der Waals surface area contributed by atoms with Crippen LogP contribution in [0.4, 0.5) is 5.69 Å². The molecule has 33 heavy (non-hydrogen) atoms. The number of H-pyrrole nitrogens is 1. The molecule has 0 atom stereocenters. The molecule has 0 saturated carbocycles. The summed E-state index contributed by atoms with van der Waals surface area (Å²) in [5.41, 5.74) is 5.73. The van der Waals surface area contributed by atoms with Crippen molar-refractivity contribution in [1.29, 1.82) is 0 Å². The monoisotopic (exact) mass is 444 g/mol. The molecule has 170 valence electrons. The molecule has 4 heterocycles. The highest BCUT2D eigenvalue weighted by Gasteiger charge is 2.26. The Morgan fingerprint density at radius 1 is 1.21 bits per heavy atom. The minimum Gasteiger partial charge on any atom is -0.382 e. The molecule has 1 aliphatic rings. The van der Waals surface area contributed by atoms with E-state index in [1.807, 2.05) is 29.4 Å². The summed E-state index contributed by atoms with van der Waals surface area (Å²) in [6.07, 6.45) is 7.33. The zero-order chi connectivity index (χ0) is 22.9. The molecule has 4 aromatic rings. The molecule has 0 unspecified atom stereocenters. The van der Waals surface area contributed by atoms with E-state index in [1.54, 1.807) is 13.1 Å². The maximum Gasteiger partial charge on any atom is 0.219 e. The molecule has 0 bridgehead atoms. The van der Waals surface area contributed by atoms with Crippen LogP contribution in [0.1, 0.15) is 45.2 Å². The predicted molar refractivity (Wildman–Crippen MR) is 128 cm³/mol. The number of nitrogens with zero attached hydrogens (tertiary/aromatic N) is 4. The summed E-state index contributed by atoms with van der Waals surface area (Å²) in [7, 11) is 0. The molecule has 1 amide bonds. The van der Waals surface area contributed by atoms with Gasteiger partial charge in [-0.25, -0.2) is 0 Å². The molecule has 8 nitrogen and oxygen atoms in total. The molecule has 1 aromatic carbocycles. The number of hydrogen-bond donors (Lipinski definition) is 2. The lowest BCUT2D eigenvalue weighted by Gasteiger charge is -2.30. The number of benzene rings is 1. The Morgan fingerprint density at radius 3 is 2.73 bits per heavy atom. The van der Waals surface area contributed by atoms with Gasteiger partial charge in [-0.15, -0.1) is 0 Å². The van der Waals surface area contributed by atoms with Gasteiger partial charge in [0.15, 0.2) is 5.76 Å². The Hall–Kier alpha value is -3.68. The van der Waals surface area contributed by atoms with Crippen molar-refractivity contribution in [3.05, 3.63) is 48.5 Å². The summed E-state index contributed by atoms with van der Waals surface area (Å²) in [5.74, 6) is 1.13. The second kappa shape index (κ2) is 8.69. The van der Waals surface area contributed by atoms with Crippen molar-refractivity contribution < 1.29 is 9.32 Å². The second-order valence-corrected chi connectivity index (χ2v) is 8.93. The standard InChI is InChI=1S/C25H28N6O2/c1-15(2)29-25-20-6-4-5-19(18-12-27-28-13-18)24(20)26-14-21(25)23-11-22(30-33-23)17-7-9-31(10-8-17)16(3)32/h4-6,11-15,17H,7-10H2,1-3H3,(H,26,29)(H,27,28). The quantitative estimate of drug-likeness (QED) is 0.457. The van der Waals surface area contributed by atoms with Crippen LogP contribution in [0.3, 0.4) is 0 Å². The van der Waals surface area contributed by atoms with E-state index in [-0.39, 0.29) is 11.9 Å². The molecule has 1 saturated heterocycles. The Morgan fingerprint density at radius 2 is 2.03 bits per heavy atom. The van der Waals surface area contributed by atoms with Gasteiger partial charge in [0.2, 0.25) is 5.91 Å². The first-order chi connectivity index (χ1) is 16.0. The van der Waals surface area contributed by atoms with Gasteiger partial charge < -0.3 is 14.7 Å². The van der Waals surface area contributed by atoms with Crippen molar-refractivity contribution in [3.8, 4) is 22.5 Å². The number of likely N-dealkylation sites (tertiary alicyclic amines) is 1. The lowest BCUT2D eigenvalue weighted by Crippen LogP contribution is -2.36. The fourth-order valence-electron chi connectivity index (χ4n) is 4.58. The number of carbonyl (C=O) groups is 1. The number of aromatic nitrogens is 4. The van der Waals surface area contributed by atoms with E-state index in [4.69, 9.17) is 9.51 Å². The number of nitrogens with one attached hydrogen (secondary N) is 2. The number of rotatable bonds is 5. The van der Waals surface area contributed by atoms with Gasteiger partial charge in [-0.05, 0) is 26.7 Å². The van der Waals surface area contributed by atoms with E-state index in [2.05, 4.69) is 46.7 Å². The molecular formula is C25H28N6O2. The van der Waals surface area contributed by atoms with Gasteiger partial charge >= 0.3 is 0 Å². The van der Waals surface area contributed by atoms with Crippen LogP contribution in [-0.4, -0.2) is 50.3 Å². The minimum atomic E-state index is 0.135. The van der Waals surface area contributed by atoms with Gasteiger partial charge in [-0.1, -0.05) is 23.4 Å². The van der Waals surface area contributed by atoms with E-state index >= 15 is 0 Å². The van der Waals surface area contributed by atoms with E-state index in [0.717, 1.165) is 64.9 Å². The topological polar surface area (TPSA) is 99.9 Å². The molecule has 3 aromatic heterocycles. The third kappa shape index (κ3) is 4.08. The number of fused-ring (bicyclic) bond motifs is 1. The lowest BCUT2D eigenvalue weighted by molar-refractivity contribution is -0.129. The predicted octanol–water partition coefficient (Wildman–Crippen LogP) is 4.83. The summed E-state index contributed by atoms with van der Waals surface area (Å²) in [4.78, 5) is 18.4. The fourth-order valence-corrected chi connectivity index (χ4v) is 4.58. The summed E-state index contributed by atoms with van der Waals surface area (Å²) in [6, 6.07) is 8.43. The average Bonchev–Trinajstić information content (AvgIpc) is 3.51. The van der Waals surface area contributed by atoms with Crippen LogP contribution in [0, 0.1) is 0 Å². The van der Waals surface area contributed by atoms with Crippen LogP contribution >= 0.6 is 0 Å². The highest BCUT2D eigenvalue weighted by Crippen LogP contribution is 2.39. The smallest absolute Gasteiger partial charge is 0.219 e. The molecule has 0 radical (unpaired) electrons. The van der Waals surface area contributed by atoms with Gasteiger partial charge in [0, 0.05) is 66.9 Å². The van der Waals surface area contributed by atoms with E-state index in [0.29, 0.717) is 11.7 Å². The van der Waals surface area contributed by atoms with Crippen LogP contribution in [0.25, 0.3) is 33.4 Å². The maximum absolute atomic E-state index is 11.6. The van der Waals surface area contributed by atoms with Crippen LogP contribution in [0.15, 0.2) is 47.4 Å². The van der Waals surface area contributed by atoms with Crippen LogP contribution in [-0.2, 0) is 4.79 Å². The highest BCUT2D eigenvalue weighted by atomic mass is 16.5. The third-order valence-corrected chi connectivity index (χ3v) is 6.29. The van der Waals surface area contributed by atoms with Crippen molar-refractivity contribution in [2.24, 2.45) is 0 Å². The molecule has 0 spiro atoms. The SMILES string of the molecule is CC(=O)N1CCC(c2cc(-c3cnc4c(-c5cn[nH]c5)cccc4c3NC(C)C)on2)CC1. The Balaban J connectivity index is 1.53. The van der Waals surface area contributed by atoms with Crippen LogP contribution in [0.2, 0.25) is 0 Å². The molecular weight excluding hydrogens is 416 g/mol. The summed E-state index contributed by atoms with van der Waals surface area (Å²) in [5, 5.41) is 16.0. The van der Waals surface area contributed by atoms with Crippen LogP contribution < -0.4 is 5.32 Å². The molecule has 0 aliphatic carbocycles. The summed E-state index contributed by atoms with van der Waals surface area (Å²) >= 11 is 0. The van der Waals surface area contributed by atoms with Crippen LogP contribution in [0.5, 0.6) is 0 Å². The third-order valence-electron chi connectivity index (χ3n) is 6.29.